The molecule has 1 N–H and O–H groups in total. The number of benzene rings is 1. The van der Waals surface area contributed by atoms with Crippen LogP contribution in [-0.2, 0) is 0 Å². The molecule has 0 aliphatic rings. The van der Waals surface area contributed by atoms with Crippen molar-refractivity contribution < 1.29 is 9.21 Å². The van der Waals surface area contributed by atoms with Gasteiger partial charge in [0.05, 0.1) is 5.69 Å². The first-order chi connectivity index (χ1) is 12.1. The molecule has 0 unspecified atom stereocenters. The standard InChI is InChI=1S/C19H14BrN3O2/c1-12-7-8-23-11-15(22-18(23)9-12)13-3-2-4-14(10-13)21-19(24)16-5-6-17(20)25-16/h2-11H,1H3,(H,21,24). The van der Waals surface area contributed by atoms with Crippen LogP contribution in [0.3, 0.4) is 0 Å². The average molecular weight is 396 g/mol. The second-order valence-corrected chi connectivity index (χ2v) is 6.52. The van der Waals surface area contributed by atoms with Crippen molar-refractivity contribution in [2.45, 2.75) is 6.92 Å². The topological polar surface area (TPSA) is 59.5 Å². The van der Waals surface area contributed by atoms with E-state index in [9.17, 15) is 4.79 Å². The van der Waals surface area contributed by atoms with E-state index in [1.165, 1.54) is 0 Å². The fourth-order valence-electron chi connectivity index (χ4n) is 2.61. The third-order valence-corrected chi connectivity index (χ3v) is 4.26. The van der Waals surface area contributed by atoms with Crippen LogP contribution in [0.4, 0.5) is 5.69 Å². The number of carbonyl (C=O) groups excluding carboxylic acids is 1. The molecule has 1 aromatic carbocycles. The maximum Gasteiger partial charge on any atom is 0.291 e. The van der Waals surface area contributed by atoms with Gasteiger partial charge < -0.3 is 14.1 Å². The highest BCUT2D eigenvalue weighted by molar-refractivity contribution is 9.10. The molecule has 0 fully saturated rings. The van der Waals surface area contributed by atoms with Crippen LogP contribution in [0.25, 0.3) is 16.9 Å². The number of rotatable bonds is 3. The molecule has 0 aliphatic heterocycles. The highest BCUT2D eigenvalue weighted by atomic mass is 79.9. The van der Waals surface area contributed by atoms with E-state index in [-0.39, 0.29) is 11.7 Å². The van der Waals surface area contributed by atoms with Crippen LogP contribution in [0.5, 0.6) is 0 Å². The minimum Gasteiger partial charge on any atom is -0.444 e. The van der Waals surface area contributed by atoms with Crippen LogP contribution >= 0.6 is 15.9 Å². The number of fused-ring (bicyclic) bond motifs is 1. The molecule has 4 rings (SSSR count). The first-order valence-electron chi connectivity index (χ1n) is 7.71. The average Bonchev–Trinajstić information content (AvgIpc) is 3.21. The van der Waals surface area contributed by atoms with Crippen LogP contribution in [-0.4, -0.2) is 15.3 Å². The molecule has 3 aromatic heterocycles. The number of nitrogens with zero attached hydrogens (tertiary/aromatic N) is 2. The van der Waals surface area contributed by atoms with Gasteiger partial charge in [0.2, 0.25) is 0 Å². The van der Waals surface area contributed by atoms with Gasteiger partial charge in [-0.15, -0.1) is 0 Å². The minimum atomic E-state index is -0.298. The molecular formula is C19H14BrN3O2. The van der Waals surface area contributed by atoms with Gasteiger partial charge in [-0.2, -0.15) is 0 Å². The summed E-state index contributed by atoms with van der Waals surface area (Å²) in [6.45, 7) is 2.04. The van der Waals surface area contributed by atoms with E-state index in [0.29, 0.717) is 10.4 Å². The fourth-order valence-corrected chi connectivity index (χ4v) is 2.91. The second-order valence-electron chi connectivity index (χ2n) is 5.73. The Morgan fingerprint density at radius 3 is 2.88 bits per heavy atom. The van der Waals surface area contributed by atoms with Gasteiger partial charge in [0.1, 0.15) is 5.65 Å². The van der Waals surface area contributed by atoms with Crippen molar-refractivity contribution in [2.24, 2.45) is 0 Å². The highest BCUT2D eigenvalue weighted by Gasteiger charge is 2.12. The summed E-state index contributed by atoms with van der Waals surface area (Å²) in [5.41, 5.74) is 4.52. The summed E-state index contributed by atoms with van der Waals surface area (Å²) in [4.78, 5) is 16.9. The van der Waals surface area contributed by atoms with Crippen LogP contribution in [0, 0.1) is 6.92 Å². The van der Waals surface area contributed by atoms with Gasteiger partial charge in [-0.1, -0.05) is 12.1 Å². The van der Waals surface area contributed by atoms with Crippen molar-refractivity contribution in [3.05, 3.63) is 76.9 Å². The number of imidazole rings is 1. The van der Waals surface area contributed by atoms with Gasteiger partial charge in [-0.25, -0.2) is 4.98 Å². The predicted molar refractivity (Wildman–Crippen MR) is 99.7 cm³/mol. The summed E-state index contributed by atoms with van der Waals surface area (Å²) in [5.74, 6) is -0.0473. The Kier molecular flexibility index (Phi) is 3.89. The summed E-state index contributed by atoms with van der Waals surface area (Å²) in [6, 6.07) is 15.0. The van der Waals surface area contributed by atoms with Crippen LogP contribution < -0.4 is 5.32 Å². The SMILES string of the molecule is Cc1ccn2cc(-c3cccc(NC(=O)c4ccc(Br)o4)c3)nc2c1. The van der Waals surface area contributed by atoms with E-state index in [1.54, 1.807) is 12.1 Å². The summed E-state index contributed by atoms with van der Waals surface area (Å²) in [5, 5.41) is 2.84. The molecule has 0 aliphatic carbocycles. The van der Waals surface area contributed by atoms with Crippen molar-refractivity contribution in [1.29, 1.82) is 0 Å². The molecular weight excluding hydrogens is 382 g/mol. The summed E-state index contributed by atoms with van der Waals surface area (Å²) in [7, 11) is 0. The summed E-state index contributed by atoms with van der Waals surface area (Å²) >= 11 is 3.19. The van der Waals surface area contributed by atoms with Gasteiger partial charge >= 0.3 is 0 Å². The zero-order valence-corrected chi connectivity index (χ0v) is 14.9. The molecule has 5 nitrogen and oxygen atoms in total. The molecule has 0 radical (unpaired) electrons. The second kappa shape index (κ2) is 6.22. The normalized spacial score (nSPS) is 11.0. The van der Waals surface area contributed by atoms with E-state index in [0.717, 1.165) is 22.5 Å². The number of anilines is 1. The van der Waals surface area contributed by atoms with Gasteiger partial charge in [0, 0.05) is 23.6 Å². The van der Waals surface area contributed by atoms with Crippen LogP contribution in [0.15, 0.2) is 70.0 Å². The molecule has 4 aromatic rings. The van der Waals surface area contributed by atoms with Gasteiger partial charge in [0.25, 0.3) is 5.91 Å². The lowest BCUT2D eigenvalue weighted by molar-refractivity contribution is 0.0995. The predicted octanol–water partition coefficient (Wildman–Crippen LogP) is 4.92. The minimum absolute atomic E-state index is 0.250. The van der Waals surface area contributed by atoms with Crippen molar-refractivity contribution in [2.75, 3.05) is 5.32 Å². The molecule has 0 bridgehead atoms. The number of aryl methyl sites for hydroxylation is 1. The quantitative estimate of drug-likeness (QED) is 0.535. The highest BCUT2D eigenvalue weighted by Crippen LogP contribution is 2.23. The van der Waals surface area contributed by atoms with E-state index in [2.05, 4.69) is 26.2 Å². The van der Waals surface area contributed by atoms with Crippen LogP contribution in [0.2, 0.25) is 0 Å². The summed E-state index contributed by atoms with van der Waals surface area (Å²) < 4.78 is 7.77. The smallest absolute Gasteiger partial charge is 0.291 e. The molecule has 25 heavy (non-hydrogen) atoms. The number of hydrogen-bond donors (Lipinski definition) is 1. The Morgan fingerprint density at radius 2 is 2.08 bits per heavy atom. The van der Waals surface area contributed by atoms with Gasteiger partial charge in [-0.05, 0) is 64.8 Å². The number of hydrogen-bond acceptors (Lipinski definition) is 3. The van der Waals surface area contributed by atoms with Crippen molar-refractivity contribution in [3.8, 4) is 11.3 Å². The molecule has 0 spiro atoms. The molecule has 6 heteroatoms. The maximum atomic E-state index is 12.2. The Hall–Kier alpha value is -2.86. The lowest BCUT2D eigenvalue weighted by Gasteiger charge is -2.05. The number of furan rings is 1. The number of amides is 1. The molecule has 3 heterocycles. The fraction of sp³-hybridized carbons (Fsp3) is 0.0526. The lowest BCUT2D eigenvalue weighted by Crippen LogP contribution is -2.10. The number of carbonyl (C=O) groups is 1. The van der Waals surface area contributed by atoms with E-state index in [4.69, 9.17) is 4.42 Å². The third kappa shape index (κ3) is 3.21. The molecule has 0 saturated carbocycles. The Labute approximate surface area is 152 Å². The van der Waals surface area contributed by atoms with Crippen molar-refractivity contribution in [3.63, 3.8) is 0 Å². The van der Waals surface area contributed by atoms with Crippen molar-refractivity contribution >= 4 is 33.2 Å². The molecule has 124 valence electrons. The number of halogens is 1. The largest absolute Gasteiger partial charge is 0.444 e. The van der Waals surface area contributed by atoms with Crippen LogP contribution in [0.1, 0.15) is 16.1 Å². The van der Waals surface area contributed by atoms with E-state index < -0.39 is 0 Å². The Morgan fingerprint density at radius 1 is 1.20 bits per heavy atom. The Balaban J connectivity index is 1.63. The summed E-state index contributed by atoms with van der Waals surface area (Å²) in [6.07, 6.45) is 3.96. The third-order valence-electron chi connectivity index (χ3n) is 3.83. The monoisotopic (exact) mass is 395 g/mol. The van der Waals surface area contributed by atoms with Crippen molar-refractivity contribution in [1.82, 2.24) is 9.38 Å². The molecule has 0 atom stereocenters. The lowest BCUT2D eigenvalue weighted by atomic mass is 10.1. The first-order valence-corrected chi connectivity index (χ1v) is 8.50. The van der Waals surface area contributed by atoms with E-state index in [1.807, 2.05) is 60.1 Å². The van der Waals surface area contributed by atoms with E-state index >= 15 is 0 Å². The maximum absolute atomic E-state index is 12.2. The zero-order valence-electron chi connectivity index (χ0n) is 13.4. The zero-order chi connectivity index (χ0) is 17.4. The number of nitrogens with one attached hydrogen (secondary N) is 1. The first kappa shape index (κ1) is 15.7. The molecule has 0 saturated heterocycles. The molecule has 1 amide bonds. The van der Waals surface area contributed by atoms with Gasteiger partial charge in [0.15, 0.2) is 10.4 Å². The number of pyridine rings is 1. The number of aromatic nitrogens is 2. The Bertz CT molecular complexity index is 1080. The van der Waals surface area contributed by atoms with Gasteiger partial charge in [-0.3, -0.25) is 4.79 Å².